The summed E-state index contributed by atoms with van der Waals surface area (Å²) in [5, 5.41) is 1.12. The zero-order valence-corrected chi connectivity index (χ0v) is 12.2. The molecule has 2 rings (SSSR count). The SMILES string of the molecule is COC(=O)CCCCn1ccc2cc(C)c(F)cc2c1=O. The third-order valence-electron chi connectivity index (χ3n) is 3.51. The minimum Gasteiger partial charge on any atom is -0.469 e. The van der Waals surface area contributed by atoms with Crippen molar-refractivity contribution in [2.75, 3.05) is 7.11 Å². The summed E-state index contributed by atoms with van der Waals surface area (Å²) in [4.78, 5) is 23.3. The minimum atomic E-state index is -0.372. The number of benzene rings is 1. The molecule has 0 unspecified atom stereocenters. The summed E-state index contributed by atoms with van der Waals surface area (Å²) in [7, 11) is 1.35. The Hall–Kier alpha value is -2.17. The van der Waals surface area contributed by atoms with Crippen LogP contribution in [-0.2, 0) is 16.1 Å². The number of pyridine rings is 1. The molecule has 0 atom stereocenters. The Morgan fingerprint density at radius 1 is 1.33 bits per heavy atom. The van der Waals surface area contributed by atoms with Crippen LogP contribution in [0.25, 0.3) is 10.8 Å². The number of halogens is 1. The van der Waals surface area contributed by atoms with E-state index in [1.807, 2.05) is 6.07 Å². The molecule has 112 valence electrons. The van der Waals surface area contributed by atoms with E-state index in [1.165, 1.54) is 13.2 Å². The van der Waals surface area contributed by atoms with Gasteiger partial charge in [0.25, 0.3) is 5.56 Å². The first kappa shape index (κ1) is 15.2. The van der Waals surface area contributed by atoms with E-state index >= 15 is 0 Å². The molecule has 0 fully saturated rings. The van der Waals surface area contributed by atoms with Gasteiger partial charge in [-0.1, -0.05) is 0 Å². The molecule has 0 saturated carbocycles. The van der Waals surface area contributed by atoms with Crippen molar-refractivity contribution in [2.24, 2.45) is 0 Å². The van der Waals surface area contributed by atoms with Gasteiger partial charge in [-0.3, -0.25) is 9.59 Å². The summed E-state index contributed by atoms with van der Waals surface area (Å²) < 4.78 is 19.7. The number of aromatic nitrogens is 1. The topological polar surface area (TPSA) is 48.3 Å². The average molecular weight is 291 g/mol. The highest BCUT2D eigenvalue weighted by atomic mass is 19.1. The lowest BCUT2D eigenvalue weighted by molar-refractivity contribution is -0.140. The first-order chi connectivity index (χ1) is 10.0. The van der Waals surface area contributed by atoms with E-state index < -0.39 is 0 Å². The Bertz CT molecular complexity index is 721. The molecule has 0 bridgehead atoms. The van der Waals surface area contributed by atoms with Gasteiger partial charge in [-0.15, -0.1) is 0 Å². The number of hydrogen-bond acceptors (Lipinski definition) is 3. The fourth-order valence-electron chi connectivity index (χ4n) is 2.25. The van der Waals surface area contributed by atoms with Gasteiger partial charge >= 0.3 is 5.97 Å². The number of methoxy groups -OCH3 is 1. The van der Waals surface area contributed by atoms with Crippen LogP contribution in [0.3, 0.4) is 0 Å². The predicted molar refractivity (Wildman–Crippen MR) is 78.8 cm³/mol. The molecule has 21 heavy (non-hydrogen) atoms. The highest BCUT2D eigenvalue weighted by Gasteiger charge is 2.07. The third-order valence-corrected chi connectivity index (χ3v) is 3.51. The van der Waals surface area contributed by atoms with Crippen molar-refractivity contribution in [3.63, 3.8) is 0 Å². The van der Waals surface area contributed by atoms with Crippen LogP contribution in [0, 0.1) is 12.7 Å². The number of ether oxygens (including phenoxy) is 1. The number of carbonyl (C=O) groups excluding carboxylic acids is 1. The molecule has 0 aliphatic carbocycles. The molecule has 0 radical (unpaired) electrons. The maximum Gasteiger partial charge on any atom is 0.305 e. The van der Waals surface area contributed by atoms with E-state index in [4.69, 9.17) is 0 Å². The molecule has 1 aromatic heterocycles. The fourth-order valence-corrected chi connectivity index (χ4v) is 2.25. The number of esters is 1. The molecule has 0 saturated heterocycles. The Morgan fingerprint density at radius 2 is 2.10 bits per heavy atom. The summed E-state index contributed by atoms with van der Waals surface area (Å²) in [5.41, 5.74) is 0.321. The number of aryl methyl sites for hydroxylation is 2. The van der Waals surface area contributed by atoms with Crippen LogP contribution in [0.2, 0.25) is 0 Å². The highest BCUT2D eigenvalue weighted by Crippen LogP contribution is 2.15. The van der Waals surface area contributed by atoms with Gasteiger partial charge in [0.15, 0.2) is 0 Å². The van der Waals surface area contributed by atoms with Crippen LogP contribution in [-0.4, -0.2) is 17.6 Å². The highest BCUT2D eigenvalue weighted by molar-refractivity contribution is 5.82. The third kappa shape index (κ3) is 3.48. The lowest BCUT2D eigenvalue weighted by atomic mass is 10.1. The molecular formula is C16H18FNO3. The molecule has 0 aliphatic heterocycles. The van der Waals surface area contributed by atoms with E-state index in [0.29, 0.717) is 36.8 Å². The van der Waals surface area contributed by atoms with Gasteiger partial charge in [-0.25, -0.2) is 4.39 Å². The molecule has 0 N–H and O–H groups in total. The van der Waals surface area contributed by atoms with Crippen LogP contribution < -0.4 is 5.56 Å². The van der Waals surface area contributed by atoms with Gasteiger partial charge < -0.3 is 9.30 Å². The van der Waals surface area contributed by atoms with E-state index in [-0.39, 0.29) is 17.3 Å². The van der Waals surface area contributed by atoms with E-state index in [1.54, 1.807) is 23.8 Å². The van der Waals surface area contributed by atoms with Crippen molar-refractivity contribution in [3.05, 3.63) is 46.1 Å². The lowest BCUT2D eigenvalue weighted by Gasteiger charge is -2.08. The molecule has 5 heteroatoms. The maximum absolute atomic E-state index is 13.6. The summed E-state index contributed by atoms with van der Waals surface area (Å²) in [6, 6.07) is 4.77. The average Bonchev–Trinajstić information content (AvgIpc) is 2.47. The summed E-state index contributed by atoms with van der Waals surface area (Å²) >= 11 is 0. The van der Waals surface area contributed by atoms with Crippen LogP contribution in [0.15, 0.2) is 29.2 Å². The van der Waals surface area contributed by atoms with Crippen molar-refractivity contribution < 1.29 is 13.9 Å². The molecule has 0 spiro atoms. The van der Waals surface area contributed by atoms with E-state index in [0.717, 1.165) is 5.39 Å². The summed E-state index contributed by atoms with van der Waals surface area (Å²) in [5.74, 6) is -0.624. The second kappa shape index (κ2) is 6.52. The number of carbonyl (C=O) groups is 1. The number of nitrogens with zero attached hydrogens (tertiary/aromatic N) is 1. The predicted octanol–water partition coefficient (Wildman–Crippen LogP) is 2.79. The fraction of sp³-hybridized carbons (Fsp3) is 0.375. The van der Waals surface area contributed by atoms with Crippen molar-refractivity contribution in [3.8, 4) is 0 Å². The van der Waals surface area contributed by atoms with Crippen molar-refractivity contribution in [1.82, 2.24) is 4.57 Å². The summed E-state index contributed by atoms with van der Waals surface area (Å²) in [6.07, 6.45) is 3.39. The number of unbranched alkanes of at least 4 members (excludes halogenated alkanes) is 1. The van der Waals surface area contributed by atoms with Gasteiger partial charge in [-0.05, 0) is 48.9 Å². The molecular weight excluding hydrogens is 273 g/mol. The first-order valence-corrected chi connectivity index (χ1v) is 6.89. The molecule has 0 aliphatic rings. The van der Waals surface area contributed by atoms with E-state index in [9.17, 15) is 14.0 Å². The Kier molecular flexibility index (Phi) is 4.73. The molecule has 1 aromatic carbocycles. The second-order valence-electron chi connectivity index (χ2n) is 5.04. The van der Waals surface area contributed by atoms with Gasteiger partial charge in [0.1, 0.15) is 5.82 Å². The molecule has 1 heterocycles. The Morgan fingerprint density at radius 3 is 2.81 bits per heavy atom. The largest absolute Gasteiger partial charge is 0.469 e. The Labute approximate surface area is 122 Å². The number of fused-ring (bicyclic) bond motifs is 1. The van der Waals surface area contributed by atoms with Crippen LogP contribution in [0.5, 0.6) is 0 Å². The standard InChI is InChI=1S/C16H18FNO3/c1-11-9-12-6-8-18(7-4-3-5-15(19)21-2)16(20)13(12)10-14(11)17/h6,8-10H,3-5,7H2,1-2H3. The first-order valence-electron chi connectivity index (χ1n) is 6.89. The monoisotopic (exact) mass is 291 g/mol. The molecule has 4 nitrogen and oxygen atoms in total. The van der Waals surface area contributed by atoms with Gasteiger partial charge in [0.05, 0.1) is 12.5 Å². The normalized spacial score (nSPS) is 10.8. The smallest absolute Gasteiger partial charge is 0.305 e. The van der Waals surface area contributed by atoms with Crippen LogP contribution in [0.1, 0.15) is 24.8 Å². The summed E-state index contributed by atoms with van der Waals surface area (Å²) in [6.45, 7) is 2.17. The zero-order chi connectivity index (χ0) is 15.4. The van der Waals surface area contributed by atoms with Crippen molar-refractivity contribution in [1.29, 1.82) is 0 Å². The van der Waals surface area contributed by atoms with Crippen LogP contribution >= 0.6 is 0 Å². The van der Waals surface area contributed by atoms with Crippen molar-refractivity contribution >= 4 is 16.7 Å². The molecule has 0 amide bonds. The van der Waals surface area contributed by atoms with E-state index in [2.05, 4.69) is 4.74 Å². The Balaban J connectivity index is 2.15. The second-order valence-corrected chi connectivity index (χ2v) is 5.04. The van der Waals surface area contributed by atoms with Gasteiger partial charge in [0, 0.05) is 19.2 Å². The minimum absolute atomic E-state index is 0.204. The van der Waals surface area contributed by atoms with Crippen LogP contribution in [0.4, 0.5) is 4.39 Å². The molecule has 2 aromatic rings. The van der Waals surface area contributed by atoms with Gasteiger partial charge in [-0.2, -0.15) is 0 Å². The lowest BCUT2D eigenvalue weighted by Crippen LogP contribution is -2.20. The van der Waals surface area contributed by atoms with Crippen molar-refractivity contribution in [2.45, 2.75) is 32.7 Å². The number of rotatable bonds is 5. The maximum atomic E-state index is 13.6. The zero-order valence-electron chi connectivity index (χ0n) is 12.2. The van der Waals surface area contributed by atoms with Gasteiger partial charge in [0.2, 0.25) is 0 Å². The quantitative estimate of drug-likeness (QED) is 0.628. The number of hydrogen-bond donors (Lipinski definition) is 0.